The Hall–Kier alpha value is -0.530. The van der Waals surface area contributed by atoms with E-state index in [1.165, 1.54) is 19.3 Å². The highest BCUT2D eigenvalue weighted by molar-refractivity contribution is 5.69. The molecule has 0 heterocycles. The molecule has 0 fully saturated rings. The summed E-state index contributed by atoms with van der Waals surface area (Å²) < 4.78 is 5.16. The number of ether oxygens (including phenoxy) is 1. The van der Waals surface area contributed by atoms with Gasteiger partial charge < -0.3 is 4.74 Å². The Labute approximate surface area is 101 Å². The monoisotopic (exact) mass is 228 g/mol. The SMILES string of the molecule is CC(C)CCCCCOC(=O)CCC(C)C. The summed E-state index contributed by atoms with van der Waals surface area (Å²) in [4.78, 5) is 11.3. The van der Waals surface area contributed by atoms with Crippen molar-refractivity contribution in [3.8, 4) is 0 Å². The molecule has 0 amide bonds. The topological polar surface area (TPSA) is 26.3 Å². The molecule has 0 spiro atoms. The van der Waals surface area contributed by atoms with Gasteiger partial charge in [-0.2, -0.15) is 0 Å². The molecule has 0 aromatic rings. The Balaban J connectivity index is 3.21. The Kier molecular flexibility index (Phi) is 9.36. The van der Waals surface area contributed by atoms with Crippen molar-refractivity contribution in [1.29, 1.82) is 0 Å². The van der Waals surface area contributed by atoms with E-state index in [1.54, 1.807) is 0 Å². The van der Waals surface area contributed by atoms with Gasteiger partial charge in [0.15, 0.2) is 0 Å². The van der Waals surface area contributed by atoms with E-state index in [-0.39, 0.29) is 5.97 Å². The minimum atomic E-state index is -0.0300. The van der Waals surface area contributed by atoms with E-state index in [0.717, 1.165) is 18.8 Å². The lowest BCUT2D eigenvalue weighted by molar-refractivity contribution is -0.144. The molecule has 0 unspecified atom stereocenters. The second kappa shape index (κ2) is 9.68. The third-order valence-corrected chi connectivity index (χ3v) is 2.61. The van der Waals surface area contributed by atoms with Gasteiger partial charge in [-0.25, -0.2) is 0 Å². The standard InChI is InChI=1S/C14H28O2/c1-12(2)8-6-5-7-11-16-14(15)10-9-13(3)4/h12-13H,5-11H2,1-4H3. The Morgan fingerprint density at radius 1 is 0.938 bits per heavy atom. The number of unbranched alkanes of at least 4 members (excludes halogenated alkanes) is 2. The summed E-state index contributed by atoms with van der Waals surface area (Å²) >= 11 is 0. The lowest BCUT2D eigenvalue weighted by atomic mass is 10.1. The zero-order valence-corrected chi connectivity index (χ0v) is 11.4. The van der Waals surface area contributed by atoms with Crippen LogP contribution in [0.1, 0.15) is 66.2 Å². The predicted octanol–water partition coefficient (Wildman–Crippen LogP) is 4.18. The van der Waals surface area contributed by atoms with E-state index >= 15 is 0 Å². The molecule has 96 valence electrons. The summed E-state index contributed by atoms with van der Waals surface area (Å²) in [6.45, 7) is 9.34. The van der Waals surface area contributed by atoms with Gasteiger partial charge in [-0.05, 0) is 24.7 Å². The lowest BCUT2D eigenvalue weighted by Gasteiger charge is -2.07. The molecule has 0 radical (unpaired) electrons. The maximum absolute atomic E-state index is 11.3. The zero-order chi connectivity index (χ0) is 12.4. The molecule has 0 rings (SSSR count). The average molecular weight is 228 g/mol. The number of carbonyl (C=O) groups is 1. The van der Waals surface area contributed by atoms with Crippen molar-refractivity contribution in [1.82, 2.24) is 0 Å². The highest BCUT2D eigenvalue weighted by Crippen LogP contribution is 2.09. The van der Waals surface area contributed by atoms with Gasteiger partial charge in [-0.1, -0.05) is 47.0 Å². The first kappa shape index (κ1) is 15.5. The first-order valence-electron chi connectivity index (χ1n) is 6.68. The van der Waals surface area contributed by atoms with E-state index in [4.69, 9.17) is 4.74 Å². The predicted molar refractivity (Wildman–Crippen MR) is 68.3 cm³/mol. The van der Waals surface area contributed by atoms with E-state index in [1.807, 2.05) is 0 Å². The number of hydrogen-bond donors (Lipinski definition) is 0. The fourth-order valence-corrected chi connectivity index (χ4v) is 1.50. The van der Waals surface area contributed by atoms with Crippen molar-refractivity contribution in [3.05, 3.63) is 0 Å². The molecule has 2 nitrogen and oxygen atoms in total. The van der Waals surface area contributed by atoms with E-state index in [2.05, 4.69) is 27.7 Å². The maximum Gasteiger partial charge on any atom is 0.305 e. The first-order chi connectivity index (χ1) is 7.52. The van der Waals surface area contributed by atoms with Crippen LogP contribution in [0.15, 0.2) is 0 Å². The quantitative estimate of drug-likeness (QED) is 0.437. The van der Waals surface area contributed by atoms with Gasteiger partial charge in [0.1, 0.15) is 0 Å². The molecule has 16 heavy (non-hydrogen) atoms. The third kappa shape index (κ3) is 11.5. The molecule has 0 aromatic heterocycles. The zero-order valence-electron chi connectivity index (χ0n) is 11.4. The van der Waals surface area contributed by atoms with Crippen LogP contribution >= 0.6 is 0 Å². The Morgan fingerprint density at radius 3 is 2.12 bits per heavy atom. The second-order valence-corrected chi connectivity index (χ2v) is 5.40. The molecular formula is C14H28O2. The smallest absolute Gasteiger partial charge is 0.305 e. The van der Waals surface area contributed by atoms with E-state index < -0.39 is 0 Å². The summed E-state index contributed by atoms with van der Waals surface area (Å²) in [5.41, 5.74) is 0. The molecule has 0 saturated heterocycles. The van der Waals surface area contributed by atoms with Crippen molar-refractivity contribution in [3.63, 3.8) is 0 Å². The minimum absolute atomic E-state index is 0.0300. The molecule has 0 bridgehead atoms. The molecule has 0 aliphatic heterocycles. The van der Waals surface area contributed by atoms with Gasteiger partial charge in [-0.3, -0.25) is 4.79 Å². The Morgan fingerprint density at radius 2 is 1.56 bits per heavy atom. The van der Waals surface area contributed by atoms with Crippen LogP contribution in [0.3, 0.4) is 0 Å². The van der Waals surface area contributed by atoms with Crippen LogP contribution < -0.4 is 0 Å². The number of esters is 1. The van der Waals surface area contributed by atoms with Crippen molar-refractivity contribution in [2.45, 2.75) is 66.2 Å². The molecule has 2 heteroatoms. The van der Waals surface area contributed by atoms with Gasteiger partial charge in [-0.15, -0.1) is 0 Å². The van der Waals surface area contributed by atoms with Crippen LogP contribution in [0.2, 0.25) is 0 Å². The van der Waals surface area contributed by atoms with Crippen molar-refractivity contribution in [2.24, 2.45) is 11.8 Å². The van der Waals surface area contributed by atoms with Crippen molar-refractivity contribution >= 4 is 5.97 Å². The van der Waals surface area contributed by atoms with E-state index in [9.17, 15) is 4.79 Å². The van der Waals surface area contributed by atoms with Gasteiger partial charge in [0.2, 0.25) is 0 Å². The van der Waals surface area contributed by atoms with Crippen LogP contribution in [-0.4, -0.2) is 12.6 Å². The molecule has 0 aromatic carbocycles. The molecule has 0 atom stereocenters. The Bertz CT molecular complexity index is 174. The van der Waals surface area contributed by atoms with Crippen molar-refractivity contribution in [2.75, 3.05) is 6.61 Å². The third-order valence-electron chi connectivity index (χ3n) is 2.61. The van der Waals surface area contributed by atoms with Gasteiger partial charge in [0.25, 0.3) is 0 Å². The van der Waals surface area contributed by atoms with Gasteiger partial charge >= 0.3 is 5.97 Å². The summed E-state index contributed by atoms with van der Waals surface area (Å²) in [6.07, 6.45) is 6.23. The second-order valence-electron chi connectivity index (χ2n) is 5.40. The normalized spacial score (nSPS) is 11.1. The average Bonchev–Trinajstić information content (AvgIpc) is 2.19. The highest BCUT2D eigenvalue weighted by atomic mass is 16.5. The summed E-state index contributed by atoms with van der Waals surface area (Å²) in [7, 11) is 0. The maximum atomic E-state index is 11.3. The van der Waals surface area contributed by atoms with Crippen LogP contribution in [-0.2, 0) is 9.53 Å². The summed E-state index contributed by atoms with van der Waals surface area (Å²) in [5.74, 6) is 1.34. The number of hydrogen-bond acceptors (Lipinski definition) is 2. The van der Waals surface area contributed by atoms with Crippen LogP contribution in [0.5, 0.6) is 0 Å². The van der Waals surface area contributed by atoms with Crippen LogP contribution in [0.25, 0.3) is 0 Å². The molecular weight excluding hydrogens is 200 g/mol. The van der Waals surface area contributed by atoms with Crippen molar-refractivity contribution < 1.29 is 9.53 Å². The van der Waals surface area contributed by atoms with Gasteiger partial charge in [0, 0.05) is 6.42 Å². The first-order valence-corrected chi connectivity index (χ1v) is 6.68. The summed E-state index contributed by atoms with van der Waals surface area (Å²) in [5, 5.41) is 0. The summed E-state index contributed by atoms with van der Waals surface area (Å²) in [6, 6.07) is 0. The molecule has 0 aliphatic rings. The van der Waals surface area contributed by atoms with Gasteiger partial charge in [0.05, 0.1) is 6.61 Å². The highest BCUT2D eigenvalue weighted by Gasteiger charge is 2.04. The van der Waals surface area contributed by atoms with E-state index in [0.29, 0.717) is 18.9 Å². The molecule has 0 N–H and O–H groups in total. The van der Waals surface area contributed by atoms with Crippen LogP contribution in [0, 0.1) is 11.8 Å². The molecule has 0 aliphatic carbocycles. The minimum Gasteiger partial charge on any atom is -0.466 e. The lowest BCUT2D eigenvalue weighted by Crippen LogP contribution is -2.07. The fraction of sp³-hybridized carbons (Fsp3) is 0.929. The fourth-order valence-electron chi connectivity index (χ4n) is 1.50. The largest absolute Gasteiger partial charge is 0.466 e. The number of carbonyl (C=O) groups excluding carboxylic acids is 1. The number of rotatable bonds is 9. The molecule has 0 saturated carbocycles. The van der Waals surface area contributed by atoms with Crippen LogP contribution in [0.4, 0.5) is 0 Å².